The SMILES string of the molecule is O=C1NCCN(CC2CCCCO2)C1c1cccs1. The molecule has 2 aliphatic rings. The fraction of sp³-hybridized carbons (Fsp3) is 0.643. The van der Waals surface area contributed by atoms with E-state index in [9.17, 15) is 4.79 Å². The van der Waals surface area contributed by atoms with Crippen LogP contribution in [0.25, 0.3) is 0 Å². The van der Waals surface area contributed by atoms with E-state index in [-0.39, 0.29) is 11.9 Å². The molecule has 3 heterocycles. The first kappa shape index (κ1) is 13.1. The van der Waals surface area contributed by atoms with Crippen molar-refractivity contribution in [2.75, 3.05) is 26.2 Å². The number of thiophene rings is 1. The number of amides is 1. The number of nitrogens with one attached hydrogen (secondary N) is 1. The topological polar surface area (TPSA) is 41.6 Å². The first-order valence-corrected chi connectivity index (χ1v) is 7.89. The summed E-state index contributed by atoms with van der Waals surface area (Å²) < 4.78 is 5.81. The molecule has 0 aliphatic carbocycles. The lowest BCUT2D eigenvalue weighted by molar-refractivity contribution is -0.130. The van der Waals surface area contributed by atoms with Gasteiger partial charge in [0, 0.05) is 31.1 Å². The van der Waals surface area contributed by atoms with E-state index in [0.29, 0.717) is 6.10 Å². The Morgan fingerprint density at radius 2 is 2.42 bits per heavy atom. The number of rotatable bonds is 3. The molecule has 0 bridgehead atoms. The normalized spacial score (nSPS) is 29.2. The van der Waals surface area contributed by atoms with Crippen LogP contribution < -0.4 is 5.32 Å². The minimum atomic E-state index is -0.126. The van der Waals surface area contributed by atoms with Crippen molar-refractivity contribution in [2.24, 2.45) is 0 Å². The highest BCUT2D eigenvalue weighted by atomic mass is 32.1. The van der Waals surface area contributed by atoms with Gasteiger partial charge in [-0.25, -0.2) is 0 Å². The Labute approximate surface area is 117 Å². The summed E-state index contributed by atoms with van der Waals surface area (Å²) >= 11 is 1.66. The highest BCUT2D eigenvalue weighted by Gasteiger charge is 2.33. The second kappa shape index (κ2) is 6.03. The smallest absolute Gasteiger partial charge is 0.242 e. The molecular weight excluding hydrogens is 260 g/mol. The van der Waals surface area contributed by atoms with E-state index in [0.717, 1.165) is 37.5 Å². The molecule has 104 valence electrons. The van der Waals surface area contributed by atoms with E-state index in [1.807, 2.05) is 11.4 Å². The predicted molar refractivity (Wildman–Crippen MR) is 75.2 cm³/mol. The molecule has 0 spiro atoms. The van der Waals surface area contributed by atoms with Crippen LogP contribution in [0, 0.1) is 0 Å². The fourth-order valence-corrected chi connectivity index (χ4v) is 3.74. The van der Waals surface area contributed by atoms with Gasteiger partial charge in [-0.2, -0.15) is 0 Å². The number of carbonyl (C=O) groups is 1. The summed E-state index contributed by atoms with van der Waals surface area (Å²) in [5.74, 6) is 0.129. The highest BCUT2D eigenvalue weighted by molar-refractivity contribution is 7.10. The van der Waals surface area contributed by atoms with Gasteiger partial charge in [-0.3, -0.25) is 9.69 Å². The number of ether oxygens (including phenoxy) is 1. The van der Waals surface area contributed by atoms with Crippen LogP contribution in [0.1, 0.15) is 30.2 Å². The minimum absolute atomic E-state index is 0.126. The van der Waals surface area contributed by atoms with E-state index in [1.165, 1.54) is 12.8 Å². The van der Waals surface area contributed by atoms with E-state index in [2.05, 4.69) is 16.3 Å². The van der Waals surface area contributed by atoms with Crippen molar-refractivity contribution >= 4 is 17.2 Å². The third-order valence-corrected chi connectivity index (χ3v) is 4.76. The van der Waals surface area contributed by atoms with Crippen molar-refractivity contribution in [3.63, 3.8) is 0 Å². The molecule has 0 aromatic carbocycles. The largest absolute Gasteiger partial charge is 0.377 e. The molecule has 19 heavy (non-hydrogen) atoms. The van der Waals surface area contributed by atoms with Crippen molar-refractivity contribution in [1.29, 1.82) is 0 Å². The van der Waals surface area contributed by atoms with Crippen LogP contribution in [0.2, 0.25) is 0 Å². The zero-order valence-corrected chi connectivity index (χ0v) is 11.8. The van der Waals surface area contributed by atoms with Gasteiger partial charge in [-0.15, -0.1) is 11.3 Å². The average Bonchev–Trinajstić information content (AvgIpc) is 2.94. The Morgan fingerprint density at radius 3 is 3.16 bits per heavy atom. The Morgan fingerprint density at radius 1 is 1.47 bits per heavy atom. The molecule has 1 aromatic heterocycles. The predicted octanol–water partition coefficient (Wildman–Crippen LogP) is 1.79. The van der Waals surface area contributed by atoms with Crippen LogP contribution in [0.3, 0.4) is 0 Å². The zero-order valence-electron chi connectivity index (χ0n) is 11.0. The maximum atomic E-state index is 12.2. The van der Waals surface area contributed by atoms with Crippen molar-refractivity contribution in [3.8, 4) is 0 Å². The summed E-state index contributed by atoms with van der Waals surface area (Å²) in [5, 5.41) is 5.01. The third-order valence-electron chi connectivity index (χ3n) is 3.84. The molecular formula is C14H20N2O2S. The van der Waals surface area contributed by atoms with Crippen molar-refractivity contribution in [2.45, 2.75) is 31.4 Å². The van der Waals surface area contributed by atoms with Crippen LogP contribution in [-0.4, -0.2) is 43.2 Å². The summed E-state index contributed by atoms with van der Waals surface area (Å²) in [6, 6.07) is 3.94. The molecule has 1 aromatic rings. The third kappa shape index (κ3) is 2.99. The Kier molecular flexibility index (Phi) is 4.15. The summed E-state index contributed by atoms with van der Waals surface area (Å²) in [5.41, 5.74) is 0. The van der Waals surface area contributed by atoms with Crippen LogP contribution in [-0.2, 0) is 9.53 Å². The lowest BCUT2D eigenvalue weighted by atomic mass is 10.1. The fourth-order valence-electron chi connectivity index (χ4n) is 2.88. The lowest BCUT2D eigenvalue weighted by Crippen LogP contribution is -2.52. The first-order chi connectivity index (χ1) is 9.34. The molecule has 5 heteroatoms. The second-order valence-electron chi connectivity index (χ2n) is 5.19. The highest BCUT2D eigenvalue weighted by Crippen LogP contribution is 2.28. The minimum Gasteiger partial charge on any atom is -0.377 e. The van der Waals surface area contributed by atoms with Crippen molar-refractivity contribution < 1.29 is 9.53 Å². The maximum Gasteiger partial charge on any atom is 0.242 e. The molecule has 3 rings (SSSR count). The van der Waals surface area contributed by atoms with Gasteiger partial charge in [0.15, 0.2) is 0 Å². The van der Waals surface area contributed by atoms with E-state index in [1.54, 1.807) is 11.3 Å². The monoisotopic (exact) mass is 280 g/mol. The molecule has 1 N–H and O–H groups in total. The molecule has 2 atom stereocenters. The van der Waals surface area contributed by atoms with Gasteiger partial charge in [0.25, 0.3) is 0 Å². The number of hydrogen-bond donors (Lipinski definition) is 1. The van der Waals surface area contributed by atoms with Crippen LogP contribution >= 0.6 is 11.3 Å². The Bertz CT molecular complexity index is 415. The molecule has 0 saturated carbocycles. The maximum absolute atomic E-state index is 12.2. The molecule has 2 aliphatic heterocycles. The summed E-state index contributed by atoms with van der Waals surface area (Å²) in [6.07, 6.45) is 3.83. The van der Waals surface area contributed by atoms with Crippen LogP contribution in [0.4, 0.5) is 0 Å². The van der Waals surface area contributed by atoms with E-state index < -0.39 is 0 Å². The van der Waals surface area contributed by atoms with E-state index in [4.69, 9.17) is 4.74 Å². The number of nitrogens with zero attached hydrogens (tertiary/aromatic N) is 1. The standard InChI is InChI=1S/C14H20N2O2S/c17-14-13(12-5-3-9-19-12)16(7-6-15-14)10-11-4-1-2-8-18-11/h3,5,9,11,13H,1-2,4,6-8,10H2,(H,15,17). The molecule has 2 fully saturated rings. The van der Waals surface area contributed by atoms with E-state index >= 15 is 0 Å². The number of piperazine rings is 1. The molecule has 0 radical (unpaired) electrons. The first-order valence-electron chi connectivity index (χ1n) is 7.01. The van der Waals surface area contributed by atoms with Gasteiger partial charge in [-0.05, 0) is 30.7 Å². The summed E-state index contributed by atoms with van der Waals surface area (Å²) in [4.78, 5) is 15.6. The van der Waals surface area contributed by atoms with Gasteiger partial charge in [0.05, 0.1) is 6.10 Å². The molecule has 1 amide bonds. The van der Waals surface area contributed by atoms with Gasteiger partial charge in [0.1, 0.15) is 6.04 Å². The van der Waals surface area contributed by atoms with Gasteiger partial charge < -0.3 is 10.1 Å². The average molecular weight is 280 g/mol. The van der Waals surface area contributed by atoms with Gasteiger partial charge >= 0.3 is 0 Å². The summed E-state index contributed by atoms with van der Waals surface area (Å²) in [7, 11) is 0. The second-order valence-corrected chi connectivity index (χ2v) is 6.17. The van der Waals surface area contributed by atoms with Crippen LogP contribution in [0.15, 0.2) is 17.5 Å². The molecule has 2 saturated heterocycles. The Hall–Kier alpha value is -0.910. The van der Waals surface area contributed by atoms with Gasteiger partial charge in [0.2, 0.25) is 5.91 Å². The summed E-state index contributed by atoms with van der Waals surface area (Å²) in [6.45, 7) is 3.39. The number of carbonyl (C=O) groups excluding carboxylic acids is 1. The lowest BCUT2D eigenvalue weighted by Gasteiger charge is -2.37. The number of hydrogen-bond acceptors (Lipinski definition) is 4. The zero-order chi connectivity index (χ0) is 13.1. The quantitative estimate of drug-likeness (QED) is 0.918. The van der Waals surface area contributed by atoms with Crippen LogP contribution in [0.5, 0.6) is 0 Å². The Balaban J connectivity index is 1.71. The molecule has 2 unspecified atom stereocenters. The van der Waals surface area contributed by atoms with Gasteiger partial charge in [-0.1, -0.05) is 6.07 Å². The molecule has 4 nitrogen and oxygen atoms in total. The van der Waals surface area contributed by atoms with Crippen molar-refractivity contribution in [3.05, 3.63) is 22.4 Å². The van der Waals surface area contributed by atoms with Crippen molar-refractivity contribution in [1.82, 2.24) is 10.2 Å².